The molecule has 0 amide bonds. The minimum atomic E-state index is -4.40. The molecule has 0 atom stereocenters. The molecule has 0 radical (unpaired) electrons. The first-order chi connectivity index (χ1) is 6.36. The van der Waals surface area contributed by atoms with Crippen molar-refractivity contribution >= 4 is 53.5 Å². The summed E-state index contributed by atoms with van der Waals surface area (Å²) in [5, 5.41) is 0. The fourth-order valence-electron chi connectivity index (χ4n) is 0.849. The largest absolute Gasteiger partial charge is 0.417 e. The highest BCUT2D eigenvalue weighted by Crippen LogP contribution is 2.43. The van der Waals surface area contributed by atoms with Gasteiger partial charge in [0.2, 0.25) is 0 Å². The Morgan fingerprint density at radius 1 is 1.21 bits per heavy atom. The molecule has 0 N–H and O–H groups in total. The monoisotopic (exact) mass is 368 g/mol. The Kier molecular flexibility index (Phi) is 4.20. The van der Waals surface area contributed by atoms with Crippen LogP contribution in [0.15, 0.2) is 26.0 Å². The number of benzene rings is 1. The van der Waals surface area contributed by atoms with Crippen LogP contribution < -0.4 is 0 Å². The molecule has 0 unspecified atom stereocenters. The van der Waals surface area contributed by atoms with Gasteiger partial charge in [-0.25, -0.2) is 0 Å². The summed E-state index contributed by atoms with van der Waals surface area (Å²) in [4.78, 5) is -0.0256. The summed E-state index contributed by atoms with van der Waals surface area (Å²) in [7, 11) is 5.91. The van der Waals surface area contributed by atoms with E-state index in [1.54, 1.807) is 0 Å². The number of alkyl halides is 3. The average Bonchev–Trinajstić information content (AvgIpc) is 2.01. The molecule has 0 bridgehead atoms. The Hall–Kier alpha value is 0.610. The Labute approximate surface area is 104 Å². The Bertz CT molecular complexity index is 354. The maximum atomic E-state index is 12.5. The molecule has 0 saturated carbocycles. The minimum Gasteiger partial charge on any atom is -0.166 e. The van der Waals surface area contributed by atoms with Crippen molar-refractivity contribution in [1.29, 1.82) is 0 Å². The summed E-state index contributed by atoms with van der Waals surface area (Å²) < 4.78 is 38.1. The van der Waals surface area contributed by atoms with Crippen molar-refractivity contribution in [1.82, 2.24) is 0 Å². The van der Waals surface area contributed by atoms with Crippen LogP contribution >= 0.6 is 53.5 Å². The molecule has 0 spiro atoms. The number of rotatable bonds is 1. The van der Waals surface area contributed by atoms with Gasteiger partial charge in [-0.1, -0.05) is 15.9 Å². The van der Waals surface area contributed by atoms with Crippen molar-refractivity contribution < 1.29 is 13.2 Å². The van der Waals surface area contributed by atoms with Crippen LogP contribution in [0.4, 0.5) is 13.2 Å². The molecule has 0 aliphatic rings. The first-order valence-corrected chi connectivity index (χ1v) is 6.44. The van der Waals surface area contributed by atoms with E-state index in [-0.39, 0.29) is 4.90 Å². The Balaban J connectivity index is 3.40. The maximum Gasteiger partial charge on any atom is 0.417 e. The molecule has 0 aliphatic heterocycles. The van der Waals surface area contributed by atoms with Gasteiger partial charge < -0.3 is 0 Å². The van der Waals surface area contributed by atoms with Gasteiger partial charge in [0.25, 0.3) is 0 Å². The van der Waals surface area contributed by atoms with E-state index >= 15 is 0 Å². The van der Waals surface area contributed by atoms with Crippen molar-refractivity contribution in [3.8, 4) is 0 Å². The highest BCUT2D eigenvalue weighted by atomic mass is 79.9. The second-order valence-electron chi connectivity index (χ2n) is 2.34. The standard InChI is InChI=1S/C7H2Br2ClF3S/c8-3-1-4(7(11,12)13)6(14-10)5(9)2-3/h1-2H. The number of hydrogen-bond acceptors (Lipinski definition) is 1. The second-order valence-corrected chi connectivity index (χ2v) is 5.13. The fraction of sp³-hybridized carbons (Fsp3) is 0.143. The van der Waals surface area contributed by atoms with Gasteiger partial charge in [-0.15, -0.1) is 0 Å². The normalized spacial score (nSPS) is 11.9. The van der Waals surface area contributed by atoms with Crippen molar-refractivity contribution in [2.45, 2.75) is 11.1 Å². The Morgan fingerprint density at radius 3 is 2.21 bits per heavy atom. The van der Waals surface area contributed by atoms with E-state index in [0.717, 1.165) is 6.07 Å². The van der Waals surface area contributed by atoms with Gasteiger partial charge in [0, 0.05) is 13.8 Å². The third kappa shape index (κ3) is 2.81. The topological polar surface area (TPSA) is 0 Å². The molecule has 1 rings (SSSR count). The van der Waals surface area contributed by atoms with Crippen molar-refractivity contribution in [3.63, 3.8) is 0 Å². The summed E-state index contributed by atoms with van der Waals surface area (Å²) in [6.45, 7) is 0. The van der Waals surface area contributed by atoms with E-state index in [4.69, 9.17) is 10.7 Å². The summed E-state index contributed by atoms with van der Waals surface area (Å²) in [6.07, 6.45) is -4.40. The summed E-state index contributed by atoms with van der Waals surface area (Å²) >= 11 is 6.00. The summed E-state index contributed by atoms with van der Waals surface area (Å²) in [5.74, 6) is 0. The lowest BCUT2D eigenvalue weighted by molar-refractivity contribution is -0.139. The highest BCUT2D eigenvalue weighted by Gasteiger charge is 2.34. The van der Waals surface area contributed by atoms with Crippen LogP contribution in [0.1, 0.15) is 5.56 Å². The van der Waals surface area contributed by atoms with Gasteiger partial charge in [0.05, 0.1) is 5.56 Å². The molecule has 7 heteroatoms. The second kappa shape index (κ2) is 4.63. The predicted molar refractivity (Wildman–Crippen MR) is 58.6 cm³/mol. The molecular formula is C7H2Br2ClF3S. The SMILES string of the molecule is FC(F)(F)c1cc(Br)cc(Br)c1SCl. The van der Waals surface area contributed by atoms with E-state index in [1.807, 2.05) is 0 Å². The van der Waals surface area contributed by atoms with Gasteiger partial charge in [-0.2, -0.15) is 13.2 Å². The van der Waals surface area contributed by atoms with Crippen LogP contribution in [0.2, 0.25) is 0 Å². The van der Waals surface area contributed by atoms with E-state index in [9.17, 15) is 13.2 Å². The summed E-state index contributed by atoms with van der Waals surface area (Å²) in [5.41, 5.74) is -0.751. The molecule has 1 aromatic carbocycles. The highest BCUT2D eigenvalue weighted by molar-refractivity contribution is 9.11. The van der Waals surface area contributed by atoms with Crippen LogP contribution in [0.5, 0.6) is 0 Å². The van der Waals surface area contributed by atoms with E-state index in [0.29, 0.717) is 19.9 Å². The van der Waals surface area contributed by atoms with Crippen LogP contribution in [-0.2, 0) is 6.18 Å². The average molecular weight is 370 g/mol. The molecule has 14 heavy (non-hydrogen) atoms. The lowest BCUT2D eigenvalue weighted by Gasteiger charge is -2.12. The summed E-state index contributed by atoms with van der Waals surface area (Å²) in [6, 6.07) is 2.51. The van der Waals surface area contributed by atoms with Crippen molar-refractivity contribution in [2.75, 3.05) is 0 Å². The zero-order valence-corrected chi connectivity index (χ0v) is 11.1. The molecule has 0 saturated heterocycles. The number of halogens is 6. The smallest absolute Gasteiger partial charge is 0.166 e. The van der Waals surface area contributed by atoms with Crippen LogP contribution in [0, 0.1) is 0 Å². The molecule has 0 fully saturated rings. The van der Waals surface area contributed by atoms with Crippen LogP contribution in [0.25, 0.3) is 0 Å². The zero-order valence-electron chi connectivity index (χ0n) is 6.33. The molecular weight excluding hydrogens is 368 g/mol. The van der Waals surface area contributed by atoms with Crippen molar-refractivity contribution in [3.05, 3.63) is 26.6 Å². The lowest BCUT2D eigenvalue weighted by atomic mass is 10.2. The number of hydrogen-bond donors (Lipinski definition) is 0. The third-order valence-electron chi connectivity index (χ3n) is 1.39. The molecule has 0 nitrogen and oxygen atoms in total. The zero-order chi connectivity index (χ0) is 10.9. The van der Waals surface area contributed by atoms with Gasteiger partial charge in [-0.05, 0) is 49.7 Å². The van der Waals surface area contributed by atoms with E-state index in [1.165, 1.54) is 6.07 Å². The van der Waals surface area contributed by atoms with E-state index in [2.05, 4.69) is 31.9 Å². The van der Waals surface area contributed by atoms with Crippen molar-refractivity contribution in [2.24, 2.45) is 0 Å². The van der Waals surface area contributed by atoms with Gasteiger partial charge in [0.15, 0.2) is 0 Å². The van der Waals surface area contributed by atoms with Crippen LogP contribution in [-0.4, -0.2) is 0 Å². The third-order valence-corrected chi connectivity index (χ3v) is 3.79. The minimum absolute atomic E-state index is 0.0256. The molecule has 0 aromatic heterocycles. The predicted octanol–water partition coefficient (Wildman–Crippen LogP) is 5.48. The molecule has 78 valence electrons. The van der Waals surface area contributed by atoms with Gasteiger partial charge in [-0.3, -0.25) is 0 Å². The Morgan fingerprint density at radius 2 is 1.79 bits per heavy atom. The van der Waals surface area contributed by atoms with Gasteiger partial charge >= 0.3 is 6.18 Å². The molecule has 0 aliphatic carbocycles. The lowest BCUT2D eigenvalue weighted by Crippen LogP contribution is -2.06. The fourth-order valence-corrected chi connectivity index (χ4v) is 3.49. The maximum absolute atomic E-state index is 12.5. The first kappa shape index (κ1) is 12.7. The first-order valence-electron chi connectivity index (χ1n) is 3.21. The van der Waals surface area contributed by atoms with Gasteiger partial charge in [0.1, 0.15) is 0 Å². The van der Waals surface area contributed by atoms with E-state index < -0.39 is 11.7 Å². The van der Waals surface area contributed by atoms with Crippen LogP contribution in [0.3, 0.4) is 0 Å². The molecule has 1 aromatic rings. The molecule has 0 heterocycles. The quantitative estimate of drug-likeness (QED) is 0.631.